The van der Waals surface area contributed by atoms with E-state index in [0.717, 1.165) is 24.2 Å². The molecule has 90 valence electrons. The lowest BCUT2D eigenvalue weighted by Gasteiger charge is -2.11. The first-order chi connectivity index (χ1) is 7.65. The van der Waals surface area contributed by atoms with Crippen molar-refractivity contribution in [3.8, 4) is 0 Å². The number of urea groups is 1. The molecule has 0 aromatic rings. The van der Waals surface area contributed by atoms with Crippen LogP contribution in [0.4, 0.5) is 4.79 Å². The van der Waals surface area contributed by atoms with E-state index in [1.807, 2.05) is 0 Å². The Morgan fingerprint density at radius 1 is 1.44 bits per heavy atom. The first-order valence-corrected chi connectivity index (χ1v) is 5.50. The molecular weight excluding hydrogens is 210 g/mol. The topological polar surface area (TPSA) is 78.5 Å². The lowest BCUT2D eigenvalue weighted by atomic mass is 10.2. The molecule has 1 heterocycles. The van der Waals surface area contributed by atoms with Crippen LogP contribution in [0.15, 0.2) is 0 Å². The monoisotopic (exact) mass is 227 g/mol. The van der Waals surface area contributed by atoms with Crippen molar-refractivity contribution in [2.45, 2.75) is 26.2 Å². The third-order valence-corrected chi connectivity index (χ3v) is 2.34. The Kier molecular flexibility index (Phi) is 4.75. The number of hydrogen-bond acceptors (Lipinski definition) is 3. The minimum Gasteiger partial charge on any atom is -0.355 e. The Morgan fingerprint density at radius 3 is 2.75 bits per heavy atom. The fraction of sp³-hybridized carbons (Fsp3) is 0.700. The Hall–Kier alpha value is -1.59. The summed E-state index contributed by atoms with van der Waals surface area (Å²) >= 11 is 0. The molecule has 1 rings (SSSR count). The van der Waals surface area contributed by atoms with Gasteiger partial charge >= 0.3 is 6.03 Å². The summed E-state index contributed by atoms with van der Waals surface area (Å²) in [5.74, 6) is -0.643. The second kappa shape index (κ2) is 6.09. The van der Waals surface area contributed by atoms with Gasteiger partial charge in [0.25, 0.3) is 5.91 Å². The van der Waals surface area contributed by atoms with Gasteiger partial charge in [-0.05, 0) is 6.42 Å². The maximum Gasteiger partial charge on any atom is 0.325 e. The molecule has 0 saturated carbocycles. The maximum absolute atomic E-state index is 11.4. The number of nitrogens with zero attached hydrogens (tertiary/aromatic N) is 1. The predicted molar refractivity (Wildman–Crippen MR) is 57.6 cm³/mol. The maximum atomic E-state index is 11.4. The summed E-state index contributed by atoms with van der Waals surface area (Å²) in [6.45, 7) is 2.48. The zero-order valence-electron chi connectivity index (χ0n) is 9.41. The number of imide groups is 1. The van der Waals surface area contributed by atoms with Gasteiger partial charge in [-0.25, -0.2) is 4.79 Å². The molecule has 0 radical (unpaired) electrons. The SMILES string of the molecule is CCCCCNC(=O)CN1C(=O)CNC1=O. The molecule has 0 aromatic heterocycles. The summed E-state index contributed by atoms with van der Waals surface area (Å²) in [4.78, 5) is 34.6. The molecule has 0 aliphatic carbocycles. The largest absolute Gasteiger partial charge is 0.355 e. The van der Waals surface area contributed by atoms with Crippen LogP contribution in [0.3, 0.4) is 0 Å². The minimum absolute atomic E-state index is 0.0120. The molecule has 2 N–H and O–H groups in total. The van der Waals surface area contributed by atoms with E-state index in [2.05, 4.69) is 17.6 Å². The van der Waals surface area contributed by atoms with Gasteiger partial charge in [0, 0.05) is 6.54 Å². The van der Waals surface area contributed by atoms with Gasteiger partial charge < -0.3 is 10.6 Å². The van der Waals surface area contributed by atoms with Crippen LogP contribution in [-0.2, 0) is 9.59 Å². The first kappa shape index (κ1) is 12.5. The molecule has 0 unspecified atom stereocenters. The van der Waals surface area contributed by atoms with Crippen molar-refractivity contribution in [3.63, 3.8) is 0 Å². The van der Waals surface area contributed by atoms with Crippen LogP contribution in [0.2, 0.25) is 0 Å². The lowest BCUT2D eigenvalue weighted by Crippen LogP contribution is -2.41. The van der Waals surface area contributed by atoms with Crippen molar-refractivity contribution >= 4 is 17.8 Å². The van der Waals surface area contributed by atoms with Crippen molar-refractivity contribution in [2.75, 3.05) is 19.6 Å². The normalized spacial score (nSPS) is 15.2. The van der Waals surface area contributed by atoms with Crippen LogP contribution in [-0.4, -0.2) is 42.4 Å². The highest BCUT2D eigenvalue weighted by Crippen LogP contribution is 1.98. The average Bonchev–Trinajstić information content (AvgIpc) is 2.56. The molecule has 6 heteroatoms. The van der Waals surface area contributed by atoms with E-state index in [1.54, 1.807) is 0 Å². The highest BCUT2D eigenvalue weighted by molar-refractivity contribution is 6.04. The Morgan fingerprint density at radius 2 is 2.19 bits per heavy atom. The molecule has 1 fully saturated rings. The summed E-state index contributed by atoms with van der Waals surface area (Å²) in [6.07, 6.45) is 3.06. The van der Waals surface area contributed by atoms with Crippen LogP contribution in [0.5, 0.6) is 0 Å². The van der Waals surface area contributed by atoms with Crippen LogP contribution in [0, 0.1) is 0 Å². The zero-order chi connectivity index (χ0) is 12.0. The molecular formula is C10H17N3O3. The van der Waals surface area contributed by atoms with E-state index < -0.39 is 6.03 Å². The molecule has 0 spiro atoms. The van der Waals surface area contributed by atoms with Crippen LogP contribution in [0.1, 0.15) is 26.2 Å². The summed E-state index contributed by atoms with van der Waals surface area (Å²) in [5.41, 5.74) is 0. The molecule has 6 nitrogen and oxygen atoms in total. The molecule has 4 amide bonds. The van der Waals surface area contributed by atoms with Crippen molar-refractivity contribution in [1.29, 1.82) is 0 Å². The second-order valence-electron chi connectivity index (χ2n) is 3.70. The molecule has 1 aliphatic rings. The van der Waals surface area contributed by atoms with Crippen molar-refractivity contribution in [3.05, 3.63) is 0 Å². The fourth-order valence-electron chi connectivity index (χ4n) is 1.42. The van der Waals surface area contributed by atoms with E-state index in [0.29, 0.717) is 6.54 Å². The van der Waals surface area contributed by atoms with E-state index >= 15 is 0 Å². The number of nitrogens with one attached hydrogen (secondary N) is 2. The van der Waals surface area contributed by atoms with Crippen LogP contribution >= 0.6 is 0 Å². The Labute approximate surface area is 94.4 Å². The third-order valence-electron chi connectivity index (χ3n) is 2.34. The standard InChI is InChI=1S/C10H17N3O3/c1-2-3-4-5-11-8(14)7-13-9(15)6-12-10(13)16/h2-7H2,1H3,(H,11,14)(H,12,16). The van der Waals surface area contributed by atoms with Crippen molar-refractivity contribution < 1.29 is 14.4 Å². The number of unbranched alkanes of at least 4 members (excludes halogenated alkanes) is 2. The number of carbonyl (C=O) groups excluding carboxylic acids is 3. The van der Waals surface area contributed by atoms with E-state index in [1.165, 1.54) is 0 Å². The fourth-order valence-corrected chi connectivity index (χ4v) is 1.42. The summed E-state index contributed by atoms with van der Waals surface area (Å²) < 4.78 is 0. The minimum atomic E-state index is -0.492. The van der Waals surface area contributed by atoms with E-state index in [4.69, 9.17) is 0 Å². The smallest absolute Gasteiger partial charge is 0.325 e. The average molecular weight is 227 g/mol. The third kappa shape index (κ3) is 3.52. The van der Waals surface area contributed by atoms with Crippen molar-refractivity contribution in [1.82, 2.24) is 15.5 Å². The molecule has 0 aromatic carbocycles. The van der Waals surface area contributed by atoms with E-state index in [-0.39, 0.29) is 24.9 Å². The Bertz CT molecular complexity index is 275. The quantitative estimate of drug-likeness (QED) is 0.489. The van der Waals surface area contributed by atoms with Gasteiger partial charge in [-0.15, -0.1) is 0 Å². The lowest BCUT2D eigenvalue weighted by molar-refractivity contribution is -0.130. The number of amides is 4. The number of rotatable bonds is 6. The van der Waals surface area contributed by atoms with Gasteiger partial charge in [-0.2, -0.15) is 0 Å². The highest BCUT2D eigenvalue weighted by Gasteiger charge is 2.29. The highest BCUT2D eigenvalue weighted by atomic mass is 16.2. The van der Waals surface area contributed by atoms with Crippen molar-refractivity contribution in [2.24, 2.45) is 0 Å². The molecule has 1 saturated heterocycles. The van der Waals surface area contributed by atoms with Gasteiger partial charge in [-0.3, -0.25) is 14.5 Å². The number of carbonyl (C=O) groups is 3. The van der Waals surface area contributed by atoms with Gasteiger partial charge in [0.2, 0.25) is 5.91 Å². The van der Waals surface area contributed by atoms with Gasteiger partial charge in [0.15, 0.2) is 0 Å². The molecule has 0 atom stereocenters. The predicted octanol–water partition coefficient (Wildman–Crippen LogP) is -0.155. The molecule has 0 bridgehead atoms. The number of hydrogen-bond donors (Lipinski definition) is 2. The second-order valence-corrected chi connectivity index (χ2v) is 3.70. The summed E-state index contributed by atoms with van der Waals surface area (Å²) in [5, 5.41) is 5.03. The summed E-state index contributed by atoms with van der Waals surface area (Å²) in [6, 6.07) is -0.492. The Balaban J connectivity index is 2.23. The van der Waals surface area contributed by atoms with E-state index in [9.17, 15) is 14.4 Å². The molecule has 1 aliphatic heterocycles. The van der Waals surface area contributed by atoms with Gasteiger partial charge in [0.1, 0.15) is 6.54 Å². The van der Waals surface area contributed by atoms with Gasteiger partial charge in [0.05, 0.1) is 6.54 Å². The summed E-state index contributed by atoms with van der Waals surface area (Å²) in [7, 11) is 0. The van der Waals surface area contributed by atoms with Gasteiger partial charge in [-0.1, -0.05) is 19.8 Å². The zero-order valence-corrected chi connectivity index (χ0v) is 9.41. The van der Waals surface area contributed by atoms with Crippen LogP contribution in [0.25, 0.3) is 0 Å². The first-order valence-electron chi connectivity index (χ1n) is 5.50. The molecule has 16 heavy (non-hydrogen) atoms. The van der Waals surface area contributed by atoms with Crippen LogP contribution < -0.4 is 10.6 Å².